The van der Waals surface area contributed by atoms with E-state index in [0.29, 0.717) is 12.5 Å². The number of carbonyl (C=O) groups excluding carboxylic acids is 1. The van der Waals surface area contributed by atoms with Gasteiger partial charge in [0.2, 0.25) is 5.91 Å². The van der Waals surface area contributed by atoms with Gasteiger partial charge >= 0.3 is 0 Å². The molecule has 1 aliphatic rings. The summed E-state index contributed by atoms with van der Waals surface area (Å²) in [5, 5.41) is 0. The summed E-state index contributed by atoms with van der Waals surface area (Å²) in [7, 11) is 0. The topological polar surface area (TPSA) is 46.3 Å². The van der Waals surface area contributed by atoms with Crippen LogP contribution in [0.15, 0.2) is 24.3 Å². The number of benzene rings is 1. The maximum Gasteiger partial charge on any atom is 0.227 e. The number of piperidine rings is 1. The predicted octanol–water partition coefficient (Wildman–Crippen LogP) is 2.21. The van der Waals surface area contributed by atoms with Crippen molar-refractivity contribution in [1.29, 1.82) is 0 Å². The van der Waals surface area contributed by atoms with Crippen molar-refractivity contribution in [1.82, 2.24) is 4.90 Å². The van der Waals surface area contributed by atoms with Gasteiger partial charge in [-0.1, -0.05) is 12.1 Å². The molecule has 1 aromatic rings. The summed E-state index contributed by atoms with van der Waals surface area (Å²) >= 11 is 0. The van der Waals surface area contributed by atoms with Crippen molar-refractivity contribution in [3.63, 3.8) is 0 Å². The Bertz CT molecular complexity index is 403. The van der Waals surface area contributed by atoms with E-state index in [4.69, 9.17) is 5.73 Å². The number of rotatable bonds is 2. The van der Waals surface area contributed by atoms with Crippen LogP contribution in [0.2, 0.25) is 0 Å². The van der Waals surface area contributed by atoms with Gasteiger partial charge in [0.05, 0.1) is 6.42 Å². The zero-order chi connectivity index (χ0) is 12.3. The first-order valence-electron chi connectivity index (χ1n) is 6.30. The molecule has 1 heterocycles. The third-order valence-corrected chi connectivity index (χ3v) is 3.43. The van der Waals surface area contributed by atoms with Gasteiger partial charge < -0.3 is 10.6 Å². The van der Waals surface area contributed by atoms with E-state index >= 15 is 0 Å². The number of hydrogen-bond acceptors (Lipinski definition) is 2. The van der Waals surface area contributed by atoms with Gasteiger partial charge in [-0.3, -0.25) is 4.79 Å². The van der Waals surface area contributed by atoms with Gasteiger partial charge in [0.25, 0.3) is 0 Å². The lowest BCUT2D eigenvalue weighted by Gasteiger charge is -2.33. The summed E-state index contributed by atoms with van der Waals surface area (Å²) in [5.41, 5.74) is 7.45. The zero-order valence-electron chi connectivity index (χ0n) is 10.4. The molecular formula is C14H20N2O. The second-order valence-electron chi connectivity index (χ2n) is 4.85. The van der Waals surface area contributed by atoms with E-state index in [2.05, 4.69) is 6.92 Å². The van der Waals surface area contributed by atoms with E-state index in [1.54, 1.807) is 0 Å². The number of amides is 1. The van der Waals surface area contributed by atoms with E-state index < -0.39 is 0 Å². The molecule has 0 aromatic heterocycles. The minimum atomic E-state index is 0.225. The lowest BCUT2D eigenvalue weighted by atomic mass is 10.0. The Morgan fingerprint density at radius 3 is 3.00 bits per heavy atom. The fraction of sp³-hybridized carbons (Fsp3) is 0.500. The molecule has 1 fully saturated rings. The molecule has 0 radical (unpaired) electrons. The highest BCUT2D eigenvalue weighted by Gasteiger charge is 2.22. The average Bonchev–Trinajstić information content (AvgIpc) is 2.29. The number of hydrogen-bond donors (Lipinski definition) is 1. The summed E-state index contributed by atoms with van der Waals surface area (Å²) in [6.45, 7) is 3.04. The molecule has 92 valence electrons. The smallest absolute Gasteiger partial charge is 0.227 e. The monoisotopic (exact) mass is 232 g/mol. The normalized spacial score (nSPS) is 20.3. The van der Waals surface area contributed by atoms with Crippen LogP contribution in [0.3, 0.4) is 0 Å². The first kappa shape index (κ1) is 12.0. The van der Waals surface area contributed by atoms with E-state index in [-0.39, 0.29) is 5.91 Å². The van der Waals surface area contributed by atoms with Gasteiger partial charge in [0.1, 0.15) is 0 Å². The first-order valence-corrected chi connectivity index (χ1v) is 6.30. The predicted molar refractivity (Wildman–Crippen MR) is 69.6 cm³/mol. The fourth-order valence-electron chi connectivity index (χ4n) is 2.45. The molecule has 3 heteroatoms. The molecule has 1 unspecified atom stereocenters. The molecule has 1 amide bonds. The largest absolute Gasteiger partial charge is 0.399 e. The van der Waals surface area contributed by atoms with E-state index in [1.807, 2.05) is 29.2 Å². The third kappa shape index (κ3) is 2.99. The molecule has 1 saturated heterocycles. The first-order chi connectivity index (χ1) is 8.16. The van der Waals surface area contributed by atoms with Crippen molar-refractivity contribution in [3.8, 4) is 0 Å². The van der Waals surface area contributed by atoms with Crippen LogP contribution in [-0.4, -0.2) is 23.4 Å². The molecule has 0 bridgehead atoms. The van der Waals surface area contributed by atoms with Gasteiger partial charge in [-0.2, -0.15) is 0 Å². The molecule has 1 aromatic carbocycles. The van der Waals surface area contributed by atoms with E-state index in [0.717, 1.165) is 30.6 Å². The quantitative estimate of drug-likeness (QED) is 0.795. The van der Waals surface area contributed by atoms with Crippen LogP contribution in [0.25, 0.3) is 0 Å². The second-order valence-corrected chi connectivity index (χ2v) is 4.85. The van der Waals surface area contributed by atoms with Crippen molar-refractivity contribution in [2.24, 2.45) is 0 Å². The van der Waals surface area contributed by atoms with Crippen LogP contribution in [0.1, 0.15) is 31.7 Å². The molecule has 2 rings (SSSR count). The SMILES string of the molecule is CC1CCCCN1C(=O)Cc1cccc(N)c1. The standard InChI is InChI=1S/C14H20N2O/c1-11-5-2-3-8-16(11)14(17)10-12-6-4-7-13(15)9-12/h4,6-7,9,11H,2-3,5,8,10,15H2,1H3. The van der Waals surface area contributed by atoms with Crippen LogP contribution in [-0.2, 0) is 11.2 Å². The molecule has 3 nitrogen and oxygen atoms in total. The number of likely N-dealkylation sites (tertiary alicyclic amines) is 1. The Labute approximate surface area is 103 Å². The zero-order valence-corrected chi connectivity index (χ0v) is 10.4. The number of nitrogen functional groups attached to an aromatic ring is 1. The van der Waals surface area contributed by atoms with Crippen molar-refractivity contribution >= 4 is 11.6 Å². The molecular weight excluding hydrogens is 212 g/mol. The van der Waals surface area contributed by atoms with Crippen molar-refractivity contribution < 1.29 is 4.79 Å². The molecule has 17 heavy (non-hydrogen) atoms. The van der Waals surface area contributed by atoms with E-state index in [9.17, 15) is 4.79 Å². The highest BCUT2D eigenvalue weighted by molar-refractivity contribution is 5.79. The summed E-state index contributed by atoms with van der Waals surface area (Å²) < 4.78 is 0. The molecule has 0 spiro atoms. The lowest BCUT2D eigenvalue weighted by Crippen LogP contribution is -2.42. The average molecular weight is 232 g/mol. The van der Waals surface area contributed by atoms with Crippen molar-refractivity contribution in [2.75, 3.05) is 12.3 Å². The van der Waals surface area contributed by atoms with Crippen LogP contribution in [0.4, 0.5) is 5.69 Å². The van der Waals surface area contributed by atoms with Gasteiger partial charge in [0, 0.05) is 18.3 Å². The molecule has 0 aliphatic carbocycles. The Balaban J connectivity index is 2.01. The van der Waals surface area contributed by atoms with Gasteiger partial charge in [-0.25, -0.2) is 0 Å². The summed E-state index contributed by atoms with van der Waals surface area (Å²) in [6.07, 6.45) is 3.97. The number of anilines is 1. The Hall–Kier alpha value is -1.51. The minimum Gasteiger partial charge on any atom is -0.399 e. The van der Waals surface area contributed by atoms with Crippen LogP contribution < -0.4 is 5.73 Å². The maximum absolute atomic E-state index is 12.2. The molecule has 1 atom stereocenters. The summed E-state index contributed by atoms with van der Waals surface area (Å²) in [5.74, 6) is 0.225. The molecule has 1 aliphatic heterocycles. The molecule has 0 saturated carbocycles. The molecule has 2 N–H and O–H groups in total. The maximum atomic E-state index is 12.2. The highest BCUT2D eigenvalue weighted by atomic mass is 16.2. The van der Waals surface area contributed by atoms with Crippen LogP contribution in [0, 0.1) is 0 Å². The number of carbonyl (C=O) groups is 1. The fourth-order valence-corrected chi connectivity index (χ4v) is 2.45. The van der Waals surface area contributed by atoms with Crippen molar-refractivity contribution in [3.05, 3.63) is 29.8 Å². The number of nitrogens with two attached hydrogens (primary N) is 1. The summed E-state index contributed by atoms with van der Waals surface area (Å²) in [4.78, 5) is 14.2. The summed E-state index contributed by atoms with van der Waals surface area (Å²) in [6, 6.07) is 7.97. The van der Waals surface area contributed by atoms with E-state index in [1.165, 1.54) is 6.42 Å². The Morgan fingerprint density at radius 1 is 1.47 bits per heavy atom. The Morgan fingerprint density at radius 2 is 2.29 bits per heavy atom. The minimum absolute atomic E-state index is 0.225. The van der Waals surface area contributed by atoms with Gasteiger partial charge in [0.15, 0.2) is 0 Å². The third-order valence-electron chi connectivity index (χ3n) is 3.43. The van der Waals surface area contributed by atoms with Crippen LogP contribution >= 0.6 is 0 Å². The van der Waals surface area contributed by atoms with Gasteiger partial charge in [-0.15, -0.1) is 0 Å². The highest BCUT2D eigenvalue weighted by Crippen LogP contribution is 2.18. The van der Waals surface area contributed by atoms with Gasteiger partial charge in [-0.05, 0) is 43.9 Å². The van der Waals surface area contributed by atoms with Crippen LogP contribution in [0.5, 0.6) is 0 Å². The Kier molecular flexibility index (Phi) is 3.67. The second kappa shape index (κ2) is 5.21. The number of nitrogens with zero attached hydrogens (tertiary/aromatic N) is 1. The van der Waals surface area contributed by atoms with Crippen molar-refractivity contribution in [2.45, 2.75) is 38.6 Å². The lowest BCUT2D eigenvalue weighted by molar-refractivity contribution is -0.133.